The van der Waals surface area contributed by atoms with Gasteiger partial charge in [-0.3, -0.25) is 13.8 Å². The Labute approximate surface area is 455 Å². The summed E-state index contributed by atoms with van der Waals surface area (Å²) >= 11 is 0. The number of rotatable bonds is 59. The van der Waals surface area contributed by atoms with E-state index in [4.69, 9.17) is 9.05 Å². The van der Waals surface area contributed by atoms with Crippen LogP contribution < -0.4 is 5.32 Å². The highest BCUT2D eigenvalue weighted by atomic mass is 31.2. The zero-order chi connectivity index (χ0) is 53.5. The topological polar surface area (TPSA) is 105 Å². The van der Waals surface area contributed by atoms with Crippen molar-refractivity contribution in [3.8, 4) is 0 Å². The predicted octanol–water partition coefficient (Wildman–Crippen LogP) is 19.7. The van der Waals surface area contributed by atoms with E-state index in [1.807, 2.05) is 21.1 Å². The van der Waals surface area contributed by atoms with Crippen molar-refractivity contribution in [1.82, 2.24) is 5.32 Å². The standard InChI is InChI=1S/C64H125N2O6P/c1-6-8-10-12-14-16-18-20-22-24-26-28-30-32-33-34-36-38-40-42-44-46-48-50-52-54-56-58-64(68)65-62(61-72-73(69,70)71-60-59-66(3,4)5)63(67)57-55-53-51-49-47-45-43-41-39-37-35-31-29-27-25-23-21-19-17-15-13-11-9-7-2/h18,20,24,26,30,32,62-63,67H,6-17,19,21-23,25,27-29,31,33-61H2,1-5H3,(H-,65,68,69,70)/p+1/b20-18-,26-24-,32-30-. The van der Waals surface area contributed by atoms with E-state index >= 15 is 0 Å². The molecule has 0 rings (SSSR count). The minimum absolute atomic E-state index is 0.0750. The van der Waals surface area contributed by atoms with Crippen molar-refractivity contribution in [1.29, 1.82) is 0 Å². The average molecular weight is 1050 g/mol. The van der Waals surface area contributed by atoms with Crippen molar-refractivity contribution in [2.45, 2.75) is 328 Å². The van der Waals surface area contributed by atoms with Gasteiger partial charge in [0.1, 0.15) is 13.2 Å². The number of carbonyl (C=O) groups excluding carboxylic acids is 1. The van der Waals surface area contributed by atoms with Crippen molar-refractivity contribution in [2.24, 2.45) is 0 Å². The van der Waals surface area contributed by atoms with Crippen molar-refractivity contribution in [2.75, 3.05) is 40.9 Å². The molecule has 3 N–H and O–H groups in total. The highest BCUT2D eigenvalue weighted by Crippen LogP contribution is 2.43. The van der Waals surface area contributed by atoms with Crippen LogP contribution in [0.4, 0.5) is 0 Å². The fourth-order valence-corrected chi connectivity index (χ4v) is 10.4. The Morgan fingerprint density at radius 1 is 0.466 bits per heavy atom. The number of aliphatic hydroxyl groups is 1. The van der Waals surface area contributed by atoms with Crippen LogP contribution in [0.3, 0.4) is 0 Å². The maximum absolute atomic E-state index is 13.0. The van der Waals surface area contributed by atoms with Crippen LogP contribution in [0, 0.1) is 0 Å². The molecule has 0 spiro atoms. The number of hydrogen-bond donors (Lipinski definition) is 3. The lowest BCUT2D eigenvalue weighted by Gasteiger charge is -2.26. The van der Waals surface area contributed by atoms with E-state index in [9.17, 15) is 19.4 Å². The molecule has 9 heteroatoms. The number of nitrogens with zero attached hydrogens (tertiary/aromatic N) is 1. The second kappa shape index (κ2) is 55.5. The van der Waals surface area contributed by atoms with Gasteiger partial charge in [-0.2, -0.15) is 0 Å². The summed E-state index contributed by atoms with van der Waals surface area (Å²) in [4.78, 5) is 23.4. The molecule has 73 heavy (non-hydrogen) atoms. The van der Waals surface area contributed by atoms with Crippen LogP contribution >= 0.6 is 7.82 Å². The molecule has 0 radical (unpaired) electrons. The Morgan fingerprint density at radius 2 is 0.781 bits per heavy atom. The number of carbonyl (C=O) groups is 1. The molecule has 0 aromatic carbocycles. The van der Waals surface area contributed by atoms with Crippen molar-refractivity contribution < 1.29 is 32.9 Å². The van der Waals surface area contributed by atoms with E-state index in [0.29, 0.717) is 23.9 Å². The molecule has 0 saturated heterocycles. The predicted molar refractivity (Wildman–Crippen MR) is 318 cm³/mol. The van der Waals surface area contributed by atoms with E-state index in [-0.39, 0.29) is 19.1 Å². The first-order valence-electron chi connectivity index (χ1n) is 31.9. The molecular weight excluding hydrogens is 924 g/mol. The van der Waals surface area contributed by atoms with Crippen LogP contribution in [0.1, 0.15) is 316 Å². The molecule has 0 aromatic rings. The van der Waals surface area contributed by atoms with Gasteiger partial charge in [-0.25, -0.2) is 4.57 Å². The largest absolute Gasteiger partial charge is 0.472 e. The molecule has 0 bridgehead atoms. The summed E-state index contributed by atoms with van der Waals surface area (Å²) in [6.07, 6.45) is 72.1. The molecule has 0 heterocycles. The molecular formula is C64H126N2O6P+. The van der Waals surface area contributed by atoms with Crippen molar-refractivity contribution in [3.63, 3.8) is 0 Å². The van der Waals surface area contributed by atoms with Gasteiger partial charge in [0.2, 0.25) is 5.91 Å². The SMILES string of the molecule is CCCCCCC/C=C\C/C=C\C/C=C\CCCCCCCCCCCCCCC(=O)NC(COP(=O)(O)OCC[N+](C)(C)C)C(O)CCCCCCCCCCCCCCCCCCCCCCCCCC. The van der Waals surface area contributed by atoms with Crippen molar-refractivity contribution in [3.05, 3.63) is 36.5 Å². The first-order chi connectivity index (χ1) is 35.5. The Balaban J connectivity index is 4.10. The van der Waals surface area contributed by atoms with Crippen LogP contribution in [-0.2, 0) is 18.4 Å². The highest BCUT2D eigenvalue weighted by Gasteiger charge is 2.28. The average Bonchev–Trinajstić information content (AvgIpc) is 3.35. The summed E-state index contributed by atoms with van der Waals surface area (Å²) < 4.78 is 23.8. The Morgan fingerprint density at radius 3 is 1.14 bits per heavy atom. The van der Waals surface area contributed by atoms with Gasteiger partial charge in [-0.15, -0.1) is 0 Å². The number of hydrogen-bond acceptors (Lipinski definition) is 5. The Bertz CT molecular complexity index is 1280. The summed E-state index contributed by atoms with van der Waals surface area (Å²) in [5.74, 6) is -0.142. The molecule has 0 aliphatic carbocycles. The smallest absolute Gasteiger partial charge is 0.391 e. The van der Waals surface area contributed by atoms with Gasteiger partial charge in [-0.1, -0.05) is 294 Å². The van der Waals surface area contributed by atoms with Crippen LogP contribution in [0.2, 0.25) is 0 Å². The Hall–Kier alpha value is -1.28. The number of aliphatic hydroxyl groups excluding tert-OH is 1. The molecule has 3 atom stereocenters. The van der Waals surface area contributed by atoms with Gasteiger partial charge >= 0.3 is 7.82 Å². The Kier molecular flexibility index (Phi) is 54.5. The first-order valence-corrected chi connectivity index (χ1v) is 33.3. The number of phosphoric ester groups is 1. The number of allylic oxidation sites excluding steroid dienone is 6. The van der Waals surface area contributed by atoms with Gasteiger partial charge in [-0.05, 0) is 51.4 Å². The number of unbranched alkanes of at least 4 members (excludes halogenated alkanes) is 40. The summed E-state index contributed by atoms with van der Waals surface area (Å²) in [5, 5.41) is 14.1. The van der Waals surface area contributed by atoms with Crippen LogP contribution in [-0.4, -0.2) is 73.4 Å². The van der Waals surface area contributed by atoms with E-state index in [0.717, 1.165) is 51.4 Å². The summed E-state index contributed by atoms with van der Waals surface area (Å²) in [5.41, 5.74) is 0. The molecule has 432 valence electrons. The number of nitrogens with one attached hydrogen (secondary N) is 1. The molecule has 0 saturated carbocycles. The van der Waals surface area contributed by atoms with E-state index in [1.54, 1.807) is 0 Å². The number of phosphoric acid groups is 1. The molecule has 1 amide bonds. The van der Waals surface area contributed by atoms with Crippen LogP contribution in [0.5, 0.6) is 0 Å². The van der Waals surface area contributed by atoms with Gasteiger partial charge in [0.25, 0.3) is 0 Å². The molecule has 0 fully saturated rings. The minimum atomic E-state index is -4.33. The molecule has 8 nitrogen and oxygen atoms in total. The van der Waals surface area contributed by atoms with Gasteiger partial charge < -0.3 is 19.8 Å². The molecule has 0 aromatic heterocycles. The lowest BCUT2D eigenvalue weighted by atomic mass is 10.0. The summed E-state index contributed by atoms with van der Waals surface area (Å²) in [7, 11) is 1.63. The van der Waals surface area contributed by atoms with Gasteiger partial charge in [0, 0.05) is 6.42 Å². The molecule has 0 aliphatic heterocycles. The fraction of sp³-hybridized carbons (Fsp3) is 0.891. The zero-order valence-corrected chi connectivity index (χ0v) is 50.3. The molecule has 3 unspecified atom stereocenters. The fourth-order valence-electron chi connectivity index (χ4n) is 9.65. The maximum Gasteiger partial charge on any atom is 0.472 e. The number of likely N-dealkylation sites (N-methyl/N-ethyl adjacent to an activating group) is 1. The van der Waals surface area contributed by atoms with Crippen LogP contribution in [0.15, 0.2) is 36.5 Å². The first kappa shape index (κ1) is 71.7. The third-order valence-corrected chi connectivity index (χ3v) is 15.6. The monoisotopic (exact) mass is 1050 g/mol. The molecule has 0 aliphatic rings. The van der Waals surface area contributed by atoms with E-state index in [1.165, 1.54) is 238 Å². The van der Waals surface area contributed by atoms with Gasteiger partial charge in [0.15, 0.2) is 0 Å². The van der Waals surface area contributed by atoms with Gasteiger partial charge in [0.05, 0.1) is 39.9 Å². The lowest BCUT2D eigenvalue weighted by molar-refractivity contribution is -0.870. The second-order valence-electron chi connectivity index (χ2n) is 23.1. The third kappa shape index (κ3) is 58.2. The maximum atomic E-state index is 13.0. The zero-order valence-electron chi connectivity index (χ0n) is 49.4. The summed E-state index contributed by atoms with van der Waals surface area (Å²) in [6, 6.07) is -0.763. The van der Waals surface area contributed by atoms with E-state index in [2.05, 4.69) is 55.6 Å². The third-order valence-electron chi connectivity index (χ3n) is 14.6. The quantitative estimate of drug-likeness (QED) is 0.0243. The van der Waals surface area contributed by atoms with Crippen molar-refractivity contribution >= 4 is 13.7 Å². The highest BCUT2D eigenvalue weighted by molar-refractivity contribution is 7.47. The normalized spacial score (nSPS) is 14.0. The lowest BCUT2D eigenvalue weighted by Crippen LogP contribution is -2.46. The second-order valence-corrected chi connectivity index (χ2v) is 24.6. The van der Waals surface area contributed by atoms with E-state index < -0.39 is 20.0 Å². The number of amides is 1. The minimum Gasteiger partial charge on any atom is -0.391 e. The number of quaternary nitrogens is 1. The summed E-state index contributed by atoms with van der Waals surface area (Å²) in [6.45, 7) is 4.92. The van der Waals surface area contributed by atoms with Crippen LogP contribution in [0.25, 0.3) is 0 Å².